The average molecular weight is 213 g/mol. The molecule has 0 heterocycles. The molecule has 0 aliphatic carbocycles. The van der Waals surface area contributed by atoms with Crippen LogP contribution < -0.4 is 5.73 Å². The van der Waals surface area contributed by atoms with Crippen LogP contribution in [0.2, 0.25) is 0 Å². The van der Waals surface area contributed by atoms with E-state index in [4.69, 9.17) is 5.73 Å². The molecule has 1 unspecified atom stereocenters. The highest BCUT2D eigenvalue weighted by Crippen LogP contribution is 2.16. The van der Waals surface area contributed by atoms with E-state index in [0.717, 1.165) is 0 Å². The van der Waals surface area contributed by atoms with E-state index in [0.29, 0.717) is 11.4 Å². The van der Waals surface area contributed by atoms with E-state index in [1.165, 1.54) is 0 Å². The van der Waals surface area contributed by atoms with Gasteiger partial charge in [-0.3, -0.25) is 0 Å². The maximum Gasteiger partial charge on any atom is 0.111 e. The lowest BCUT2D eigenvalue weighted by Gasteiger charge is -2.11. The zero-order chi connectivity index (χ0) is 10.8. The highest BCUT2D eigenvalue weighted by molar-refractivity contribution is 7.90. The standard InChI is InChI=1S/C9H15N3OS/c1-12(2)14(3,13)11-9-6-4-8(10)5-7-9/h4-7H,10H2,1-3H3. The van der Waals surface area contributed by atoms with Crippen molar-refractivity contribution in [1.82, 2.24) is 4.31 Å². The highest BCUT2D eigenvalue weighted by atomic mass is 32.2. The topological polar surface area (TPSA) is 58.7 Å². The summed E-state index contributed by atoms with van der Waals surface area (Å²) in [5, 5.41) is 0. The van der Waals surface area contributed by atoms with Gasteiger partial charge >= 0.3 is 0 Å². The Morgan fingerprint density at radius 3 is 2.21 bits per heavy atom. The van der Waals surface area contributed by atoms with E-state index >= 15 is 0 Å². The molecule has 0 aromatic heterocycles. The van der Waals surface area contributed by atoms with Crippen molar-refractivity contribution in [3.63, 3.8) is 0 Å². The van der Waals surface area contributed by atoms with Crippen LogP contribution in [0.3, 0.4) is 0 Å². The minimum Gasteiger partial charge on any atom is -0.399 e. The van der Waals surface area contributed by atoms with Gasteiger partial charge in [-0.1, -0.05) is 0 Å². The molecule has 0 aliphatic rings. The van der Waals surface area contributed by atoms with Crippen molar-refractivity contribution in [3.05, 3.63) is 24.3 Å². The number of nitrogen functional groups attached to an aromatic ring is 1. The third-order valence-electron chi connectivity index (χ3n) is 1.85. The van der Waals surface area contributed by atoms with Gasteiger partial charge in [0.05, 0.1) is 5.69 Å². The monoisotopic (exact) mass is 213 g/mol. The highest BCUT2D eigenvalue weighted by Gasteiger charge is 2.03. The van der Waals surface area contributed by atoms with Gasteiger partial charge in [-0.15, -0.1) is 0 Å². The molecule has 0 aliphatic heterocycles. The maximum atomic E-state index is 11.9. The van der Waals surface area contributed by atoms with E-state index in [2.05, 4.69) is 4.36 Å². The van der Waals surface area contributed by atoms with E-state index < -0.39 is 9.92 Å². The summed E-state index contributed by atoms with van der Waals surface area (Å²) in [6.45, 7) is 0. The van der Waals surface area contributed by atoms with E-state index in [9.17, 15) is 4.21 Å². The fourth-order valence-electron chi connectivity index (χ4n) is 0.812. The minimum absolute atomic E-state index is 0.677. The first-order valence-electron chi connectivity index (χ1n) is 4.17. The summed E-state index contributed by atoms with van der Waals surface area (Å²) in [7, 11) is 1.18. The molecule has 1 aromatic carbocycles. The van der Waals surface area contributed by atoms with Gasteiger partial charge in [0.2, 0.25) is 0 Å². The molecule has 0 amide bonds. The lowest BCUT2D eigenvalue weighted by atomic mass is 10.3. The fourth-order valence-corrected chi connectivity index (χ4v) is 1.49. The van der Waals surface area contributed by atoms with Crippen LogP contribution >= 0.6 is 0 Å². The van der Waals surface area contributed by atoms with E-state index in [-0.39, 0.29) is 0 Å². The lowest BCUT2D eigenvalue weighted by molar-refractivity contribution is 0.598. The molecule has 0 saturated carbocycles. The Labute approximate surface area is 85.0 Å². The summed E-state index contributed by atoms with van der Waals surface area (Å²) in [5.41, 5.74) is 6.88. The normalized spacial score (nSPS) is 15.1. The van der Waals surface area contributed by atoms with Crippen LogP contribution in [-0.2, 0) is 9.92 Å². The molecule has 78 valence electrons. The van der Waals surface area contributed by atoms with Crippen LogP contribution in [0.5, 0.6) is 0 Å². The predicted octanol–water partition coefficient (Wildman–Crippen LogP) is 1.47. The molecule has 0 bridgehead atoms. The predicted molar refractivity (Wildman–Crippen MR) is 60.7 cm³/mol. The van der Waals surface area contributed by atoms with E-state index in [1.54, 1.807) is 48.9 Å². The van der Waals surface area contributed by atoms with Gasteiger partial charge in [-0.05, 0) is 24.3 Å². The second-order valence-electron chi connectivity index (χ2n) is 3.26. The Balaban J connectivity index is 3.10. The quantitative estimate of drug-likeness (QED) is 0.756. The third-order valence-corrected chi connectivity index (χ3v) is 3.75. The van der Waals surface area contributed by atoms with Crippen LogP contribution in [0.4, 0.5) is 11.4 Å². The van der Waals surface area contributed by atoms with Crippen molar-refractivity contribution in [3.8, 4) is 0 Å². The minimum atomic E-state index is -2.30. The summed E-state index contributed by atoms with van der Waals surface area (Å²) in [6.07, 6.45) is 1.60. The van der Waals surface area contributed by atoms with Gasteiger partial charge in [-0.25, -0.2) is 8.51 Å². The largest absolute Gasteiger partial charge is 0.399 e. The second-order valence-corrected chi connectivity index (χ2v) is 5.70. The molecule has 4 nitrogen and oxygen atoms in total. The van der Waals surface area contributed by atoms with Gasteiger partial charge in [0.25, 0.3) is 0 Å². The number of nitrogens with two attached hydrogens (primary N) is 1. The number of rotatable bonds is 2. The van der Waals surface area contributed by atoms with Gasteiger partial charge < -0.3 is 5.73 Å². The Kier molecular flexibility index (Phi) is 3.13. The van der Waals surface area contributed by atoms with Crippen molar-refractivity contribution >= 4 is 21.3 Å². The number of nitrogens with zero attached hydrogens (tertiary/aromatic N) is 2. The second kappa shape index (κ2) is 3.98. The van der Waals surface area contributed by atoms with Crippen molar-refractivity contribution in [1.29, 1.82) is 0 Å². The van der Waals surface area contributed by atoms with Gasteiger partial charge in [0.15, 0.2) is 0 Å². The SMILES string of the molecule is CN(C)S(C)(=O)=Nc1ccc(N)cc1. The smallest absolute Gasteiger partial charge is 0.111 e. The van der Waals surface area contributed by atoms with Crippen LogP contribution in [-0.4, -0.2) is 28.9 Å². The van der Waals surface area contributed by atoms with Crippen LogP contribution in [0.25, 0.3) is 0 Å². The summed E-state index contributed by atoms with van der Waals surface area (Å²) < 4.78 is 17.6. The summed E-state index contributed by atoms with van der Waals surface area (Å²) in [4.78, 5) is 0. The summed E-state index contributed by atoms with van der Waals surface area (Å²) in [5.74, 6) is 0. The molecule has 1 aromatic rings. The first kappa shape index (κ1) is 11.0. The summed E-state index contributed by atoms with van der Waals surface area (Å²) in [6, 6.07) is 6.98. The van der Waals surface area contributed by atoms with Crippen LogP contribution in [0.1, 0.15) is 0 Å². The van der Waals surface area contributed by atoms with Crippen molar-refractivity contribution in [2.45, 2.75) is 0 Å². The van der Waals surface area contributed by atoms with Crippen LogP contribution in [0, 0.1) is 0 Å². The number of hydrogen-bond acceptors (Lipinski definition) is 3. The Morgan fingerprint density at radius 2 is 1.79 bits per heavy atom. The molecule has 14 heavy (non-hydrogen) atoms. The molecule has 0 saturated heterocycles. The van der Waals surface area contributed by atoms with Crippen molar-refractivity contribution in [2.75, 3.05) is 26.1 Å². The first-order valence-corrected chi connectivity index (χ1v) is 6.05. The Hall–Kier alpha value is -1.07. The number of benzene rings is 1. The summed E-state index contributed by atoms with van der Waals surface area (Å²) >= 11 is 0. The van der Waals surface area contributed by atoms with Crippen molar-refractivity contribution in [2.24, 2.45) is 4.36 Å². The molecule has 0 spiro atoms. The maximum absolute atomic E-state index is 11.9. The molecule has 2 N–H and O–H groups in total. The van der Waals surface area contributed by atoms with Gasteiger partial charge in [-0.2, -0.15) is 4.36 Å². The molecule has 1 rings (SSSR count). The fraction of sp³-hybridized carbons (Fsp3) is 0.333. The van der Waals surface area contributed by atoms with Crippen LogP contribution in [0.15, 0.2) is 28.6 Å². The molecular weight excluding hydrogens is 198 g/mol. The Bertz CT molecular complexity index is 416. The zero-order valence-electron chi connectivity index (χ0n) is 8.60. The Morgan fingerprint density at radius 1 is 1.29 bits per heavy atom. The van der Waals surface area contributed by atoms with E-state index in [1.807, 2.05) is 0 Å². The van der Waals surface area contributed by atoms with Gasteiger partial charge in [0, 0.05) is 26.0 Å². The lowest BCUT2D eigenvalue weighted by Crippen LogP contribution is -2.19. The number of anilines is 1. The third kappa shape index (κ3) is 2.71. The molecule has 5 heteroatoms. The molecule has 1 atom stereocenters. The molecule has 0 radical (unpaired) electrons. The number of hydrogen-bond donors (Lipinski definition) is 1. The first-order chi connectivity index (χ1) is 6.42. The zero-order valence-corrected chi connectivity index (χ0v) is 9.41. The molecular formula is C9H15N3OS. The average Bonchev–Trinajstić information content (AvgIpc) is 2.08. The van der Waals surface area contributed by atoms with Crippen molar-refractivity contribution < 1.29 is 4.21 Å². The van der Waals surface area contributed by atoms with Gasteiger partial charge in [0.1, 0.15) is 9.92 Å². The molecule has 0 fully saturated rings.